The number of halogens is 3. The van der Waals surface area contributed by atoms with Crippen LogP contribution in [-0.2, 0) is 21.4 Å². The van der Waals surface area contributed by atoms with Gasteiger partial charge in [0.15, 0.2) is 0 Å². The second-order valence-corrected chi connectivity index (χ2v) is 9.58. The first-order valence-electron chi connectivity index (χ1n) is 8.80. The van der Waals surface area contributed by atoms with E-state index in [0.717, 1.165) is 9.87 Å². The first-order valence-corrected chi connectivity index (χ1v) is 11.4. The average molecular weight is 484 g/mol. The monoisotopic (exact) mass is 482 g/mol. The summed E-state index contributed by atoms with van der Waals surface area (Å²) in [6, 6.07) is 19.5. The number of nitrogens with one attached hydrogen (secondary N) is 1. The van der Waals surface area contributed by atoms with Crippen molar-refractivity contribution in [3.8, 4) is 0 Å². The molecule has 0 atom stereocenters. The summed E-state index contributed by atoms with van der Waals surface area (Å²) >= 11 is 17.7. The van der Waals surface area contributed by atoms with E-state index in [2.05, 4.69) is 5.32 Å². The van der Waals surface area contributed by atoms with Crippen LogP contribution in [-0.4, -0.2) is 25.2 Å². The lowest BCUT2D eigenvalue weighted by Crippen LogP contribution is -2.37. The lowest BCUT2D eigenvalue weighted by atomic mass is 10.2. The zero-order valence-corrected chi connectivity index (χ0v) is 18.6. The molecule has 156 valence electrons. The molecule has 0 heterocycles. The summed E-state index contributed by atoms with van der Waals surface area (Å²) in [5, 5.41) is 3.70. The van der Waals surface area contributed by atoms with Crippen LogP contribution in [0.2, 0.25) is 15.1 Å². The molecular weight excluding hydrogens is 467 g/mol. The van der Waals surface area contributed by atoms with E-state index in [4.69, 9.17) is 34.8 Å². The molecule has 0 fully saturated rings. The summed E-state index contributed by atoms with van der Waals surface area (Å²) in [5.74, 6) is -0.512. The summed E-state index contributed by atoms with van der Waals surface area (Å²) in [6.07, 6.45) is 0. The molecule has 0 saturated heterocycles. The van der Waals surface area contributed by atoms with Crippen molar-refractivity contribution in [2.75, 3.05) is 11.9 Å². The van der Waals surface area contributed by atoms with E-state index in [-0.39, 0.29) is 23.0 Å². The second kappa shape index (κ2) is 9.81. The fraction of sp³-hybridized carbons (Fsp3) is 0.0952. The van der Waals surface area contributed by atoms with Crippen LogP contribution in [0, 0.1) is 0 Å². The average Bonchev–Trinajstić information content (AvgIpc) is 2.71. The van der Waals surface area contributed by atoms with Gasteiger partial charge in [0.2, 0.25) is 15.9 Å². The molecule has 0 radical (unpaired) electrons. The van der Waals surface area contributed by atoms with Gasteiger partial charge in [0.05, 0.1) is 21.5 Å². The van der Waals surface area contributed by atoms with E-state index in [0.29, 0.717) is 15.7 Å². The third kappa shape index (κ3) is 5.74. The Labute approximate surface area is 190 Å². The van der Waals surface area contributed by atoms with Gasteiger partial charge in [-0.3, -0.25) is 4.79 Å². The molecule has 0 aliphatic carbocycles. The molecule has 3 aromatic rings. The van der Waals surface area contributed by atoms with E-state index in [1.165, 1.54) is 30.3 Å². The van der Waals surface area contributed by atoms with Gasteiger partial charge in [0.25, 0.3) is 0 Å². The van der Waals surface area contributed by atoms with Crippen LogP contribution in [0.4, 0.5) is 5.69 Å². The standard InChI is InChI=1S/C21H17Cl3N2O3S/c22-16-6-9-18(10-7-16)30(28,29)26(13-15-4-2-1-3-5-15)14-21(27)25-17-8-11-19(23)20(24)12-17/h1-12H,13-14H2,(H,25,27). The molecule has 3 aromatic carbocycles. The van der Waals surface area contributed by atoms with Crippen molar-refractivity contribution in [1.82, 2.24) is 4.31 Å². The summed E-state index contributed by atoms with van der Waals surface area (Å²) in [5.41, 5.74) is 1.16. The summed E-state index contributed by atoms with van der Waals surface area (Å²) in [4.78, 5) is 12.7. The topological polar surface area (TPSA) is 66.5 Å². The van der Waals surface area contributed by atoms with Crippen LogP contribution in [0.3, 0.4) is 0 Å². The number of amides is 1. The van der Waals surface area contributed by atoms with Crippen molar-refractivity contribution < 1.29 is 13.2 Å². The molecule has 9 heteroatoms. The molecule has 0 aliphatic heterocycles. The van der Waals surface area contributed by atoms with Crippen LogP contribution >= 0.6 is 34.8 Å². The molecule has 30 heavy (non-hydrogen) atoms. The molecule has 0 saturated carbocycles. The van der Waals surface area contributed by atoms with Gasteiger partial charge in [0, 0.05) is 17.3 Å². The summed E-state index contributed by atoms with van der Waals surface area (Å²) in [6.45, 7) is -0.360. The van der Waals surface area contributed by atoms with Crippen LogP contribution in [0.25, 0.3) is 0 Å². The molecule has 0 aromatic heterocycles. The largest absolute Gasteiger partial charge is 0.325 e. The third-order valence-electron chi connectivity index (χ3n) is 4.18. The molecule has 0 spiro atoms. The molecule has 0 unspecified atom stereocenters. The van der Waals surface area contributed by atoms with Gasteiger partial charge in [-0.1, -0.05) is 65.1 Å². The second-order valence-electron chi connectivity index (χ2n) is 6.39. The van der Waals surface area contributed by atoms with Crippen molar-refractivity contribution in [1.29, 1.82) is 0 Å². The van der Waals surface area contributed by atoms with Crippen LogP contribution in [0.15, 0.2) is 77.7 Å². The highest BCUT2D eigenvalue weighted by molar-refractivity contribution is 7.89. The minimum Gasteiger partial charge on any atom is -0.325 e. The van der Waals surface area contributed by atoms with E-state index >= 15 is 0 Å². The number of hydrogen-bond donors (Lipinski definition) is 1. The number of nitrogens with zero attached hydrogens (tertiary/aromatic N) is 1. The van der Waals surface area contributed by atoms with E-state index < -0.39 is 15.9 Å². The highest BCUT2D eigenvalue weighted by Gasteiger charge is 2.27. The van der Waals surface area contributed by atoms with Gasteiger partial charge in [-0.25, -0.2) is 8.42 Å². The number of anilines is 1. The summed E-state index contributed by atoms with van der Waals surface area (Å²) < 4.78 is 27.5. The Bertz CT molecular complexity index is 1140. The van der Waals surface area contributed by atoms with Crippen molar-refractivity contribution in [2.24, 2.45) is 0 Å². The highest BCUT2D eigenvalue weighted by atomic mass is 35.5. The van der Waals surface area contributed by atoms with Crippen molar-refractivity contribution in [3.63, 3.8) is 0 Å². The SMILES string of the molecule is O=C(CN(Cc1ccccc1)S(=O)(=O)c1ccc(Cl)cc1)Nc1ccc(Cl)c(Cl)c1. The third-order valence-corrected chi connectivity index (χ3v) is 6.97. The Kier molecular flexibility index (Phi) is 7.39. The molecule has 3 rings (SSSR count). The van der Waals surface area contributed by atoms with Crippen LogP contribution in [0.1, 0.15) is 5.56 Å². The summed E-state index contributed by atoms with van der Waals surface area (Å²) in [7, 11) is -3.95. The van der Waals surface area contributed by atoms with E-state index in [1.807, 2.05) is 6.07 Å². The van der Waals surface area contributed by atoms with Crippen molar-refractivity contribution in [3.05, 3.63) is 93.4 Å². The molecule has 1 amide bonds. The fourth-order valence-electron chi connectivity index (χ4n) is 2.70. The van der Waals surface area contributed by atoms with Gasteiger partial charge in [-0.05, 0) is 48.0 Å². The zero-order valence-electron chi connectivity index (χ0n) is 15.6. The predicted octanol–water partition coefficient (Wildman–Crippen LogP) is 5.48. The first-order chi connectivity index (χ1) is 14.3. The Hall–Kier alpha value is -2.09. The lowest BCUT2D eigenvalue weighted by Gasteiger charge is -2.22. The van der Waals surface area contributed by atoms with Crippen LogP contribution in [0.5, 0.6) is 0 Å². The van der Waals surface area contributed by atoms with Gasteiger partial charge in [-0.2, -0.15) is 4.31 Å². The number of carbonyl (C=O) groups excluding carboxylic acids is 1. The first kappa shape index (κ1) is 22.6. The maximum absolute atomic E-state index is 13.2. The van der Waals surface area contributed by atoms with Crippen molar-refractivity contribution in [2.45, 2.75) is 11.4 Å². The maximum Gasteiger partial charge on any atom is 0.243 e. The number of sulfonamides is 1. The van der Waals surface area contributed by atoms with Gasteiger partial charge in [0.1, 0.15) is 0 Å². The van der Waals surface area contributed by atoms with E-state index in [1.54, 1.807) is 36.4 Å². The zero-order chi connectivity index (χ0) is 21.7. The Morgan fingerprint density at radius 1 is 0.867 bits per heavy atom. The molecule has 5 nitrogen and oxygen atoms in total. The fourth-order valence-corrected chi connectivity index (χ4v) is 4.51. The number of hydrogen-bond acceptors (Lipinski definition) is 3. The smallest absolute Gasteiger partial charge is 0.243 e. The Morgan fingerprint density at radius 3 is 2.17 bits per heavy atom. The molecular formula is C21H17Cl3N2O3S. The van der Waals surface area contributed by atoms with Gasteiger partial charge in [-0.15, -0.1) is 0 Å². The number of rotatable bonds is 7. The predicted molar refractivity (Wildman–Crippen MR) is 121 cm³/mol. The Balaban J connectivity index is 1.86. The normalized spacial score (nSPS) is 11.5. The molecule has 1 N–H and O–H groups in total. The Morgan fingerprint density at radius 2 is 1.53 bits per heavy atom. The van der Waals surface area contributed by atoms with E-state index in [9.17, 15) is 13.2 Å². The molecule has 0 bridgehead atoms. The van der Waals surface area contributed by atoms with Crippen LogP contribution < -0.4 is 5.32 Å². The van der Waals surface area contributed by atoms with Gasteiger partial charge < -0.3 is 5.32 Å². The number of carbonyl (C=O) groups is 1. The minimum atomic E-state index is -3.95. The minimum absolute atomic E-state index is 0.0284. The highest BCUT2D eigenvalue weighted by Crippen LogP contribution is 2.25. The molecule has 0 aliphatic rings. The van der Waals surface area contributed by atoms with Gasteiger partial charge >= 0.3 is 0 Å². The quantitative estimate of drug-likeness (QED) is 0.484. The maximum atomic E-state index is 13.2. The van der Waals surface area contributed by atoms with Crippen molar-refractivity contribution >= 4 is 56.4 Å². The lowest BCUT2D eigenvalue weighted by molar-refractivity contribution is -0.116. The number of benzene rings is 3.